The molecule has 1 atom stereocenters. The van der Waals surface area contributed by atoms with E-state index in [0.29, 0.717) is 12.1 Å². The van der Waals surface area contributed by atoms with Crippen molar-refractivity contribution in [2.24, 2.45) is 5.16 Å². The van der Waals surface area contributed by atoms with E-state index in [9.17, 15) is 4.79 Å². The van der Waals surface area contributed by atoms with Crippen molar-refractivity contribution in [2.45, 2.75) is 18.9 Å². The Hall–Kier alpha value is -2.37. The Morgan fingerprint density at radius 2 is 2.00 bits per heavy atom. The molecule has 1 unspecified atom stereocenters. The van der Waals surface area contributed by atoms with Crippen LogP contribution >= 0.6 is 11.6 Å². The van der Waals surface area contributed by atoms with E-state index in [2.05, 4.69) is 26.3 Å². The number of oxime groups is 1. The molecule has 1 heterocycles. The molecule has 1 N–H and O–H groups in total. The second-order valence-corrected chi connectivity index (χ2v) is 7.00. The zero-order valence-corrected chi connectivity index (χ0v) is 16.2. The first-order valence-electron chi connectivity index (χ1n) is 9.11. The van der Waals surface area contributed by atoms with Crippen molar-refractivity contribution in [1.29, 1.82) is 0 Å². The fraction of sp³-hybridized carbons (Fsp3) is 0.333. The molecule has 0 radical (unpaired) electrons. The highest BCUT2D eigenvalue weighted by Gasteiger charge is 2.24. The molecule has 0 aromatic heterocycles. The average Bonchev–Trinajstić information content (AvgIpc) is 3.21. The lowest BCUT2D eigenvalue weighted by Gasteiger charge is -2.28. The van der Waals surface area contributed by atoms with Gasteiger partial charge in [-0.2, -0.15) is 0 Å². The Balaban J connectivity index is 1.67. The number of likely N-dealkylation sites (tertiary alicyclic amines) is 1. The molecular weight excluding hydrogens is 362 g/mol. The number of carbonyl (C=O) groups is 1. The molecule has 2 aromatic carbocycles. The smallest absolute Gasteiger partial charge is 0.251 e. The van der Waals surface area contributed by atoms with Gasteiger partial charge in [-0.05, 0) is 61.3 Å². The molecule has 0 spiro atoms. The zero-order chi connectivity index (χ0) is 19.1. The number of nitrogens with one attached hydrogen (secondary N) is 1. The van der Waals surface area contributed by atoms with Crippen LogP contribution in [0.2, 0.25) is 5.02 Å². The molecule has 6 heteroatoms. The van der Waals surface area contributed by atoms with E-state index in [1.807, 2.05) is 30.3 Å². The molecule has 1 amide bonds. The van der Waals surface area contributed by atoms with Crippen LogP contribution in [0.1, 0.15) is 40.4 Å². The van der Waals surface area contributed by atoms with Gasteiger partial charge in [0, 0.05) is 17.1 Å². The fourth-order valence-electron chi connectivity index (χ4n) is 3.35. The fourth-order valence-corrected chi connectivity index (χ4v) is 3.55. The van der Waals surface area contributed by atoms with Gasteiger partial charge in [0.2, 0.25) is 0 Å². The lowest BCUT2D eigenvalue weighted by atomic mass is 10.1. The quantitative estimate of drug-likeness (QED) is 0.581. The van der Waals surface area contributed by atoms with E-state index < -0.39 is 0 Å². The van der Waals surface area contributed by atoms with E-state index in [1.54, 1.807) is 18.3 Å². The molecule has 1 fully saturated rings. The van der Waals surface area contributed by atoms with Crippen LogP contribution in [0.15, 0.2) is 53.7 Å². The number of amides is 1. The highest BCUT2D eigenvalue weighted by atomic mass is 35.5. The number of carbonyl (C=O) groups excluding carboxylic acids is 1. The molecule has 1 aliphatic heterocycles. The van der Waals surface area contributed by atoms with Crippen LogP contribution in [0, 0.1) is 0 Å². The first-order chi connectivity index (χ1) is 13.2. The van der Waals surface area contributed by atoms with Crippen LogP contribution in [0.4, 0.5) is 0 Å². The highest BCUT2D eigenvalue weighted by Crippen LogP contribution is 2.26. The highest BCUT2D eigenvalue weighted by molar-refractivity contribution is 6.30. The molecule has 3 rings (SSSR count). The number of hydrogen-bond donors (Lipinski definition) is 1. The summed E-state index contributed by atoms with van der Waals surface area (Å²) in [4.78, 5) is 19.7. The van der Waals surface area contributed by atoms with Crippen molar-refractivity contribution in [3.63, 3.8) is 0 Å². The minimum absolute atomic E-state index is 0.0866. The molecule has 0 saturated carbocycles. The van der Waals surface area contributed by atoms with E-state index in [1.165, 1.54) is 20.0 Å². The number of hydrogen-bond acceptors (Lipinski definition) is 4. The van der Waals surface area contributed by atoms with Crippen LogP contribution < -0.4 is 5.32 Å². The predicted octanol–water partition coefficient (Wildman–Crippen LogP) is 3.89. The van der Waals surface area contributed by atoms with Gasteiger partial charge < -0.3 is 10.2 Å². The van der Waals surface area contributed by atoms with Gasteiger partial charge in [-0.15, -0.1) is 0 Å². The van der Waals surface area contributed by atoms with Crippen LogP contribution in [0.3, 0.4) is 0 Å². The summed E-state index contributed by atoms with van der Waals surface area (Å²) >= 11 is 6.18. The summed E-state index contributed by atoms with van der Waals surface area (Å²) in [7, 11) is 1.50. The van der Waals surface area contributed by atoms with Gasteiger partial charge in [0.05, 0.1) is 12.3 Å². The lowest BCUT2D eigenvalue weighted by Crippen LogP contribution is -2.36. The topological polar surface area (TPSA) is 53.9 Å². The normalized spacial score (nSPS) is 15.8. The summed E-state index contributed by atoms with van der Waals surface area (Å²) in [5.41, 5.74) is 2.63. The van der Waals surface area contributed by atoms with Gasteiger partial charge in [-0.3, -0.25) is 9.69 Å². The maximum Gasteiger partial charge on any atom is 0.251 e. The standard InChI is InChI=1S/C21H24ClN3O2/c1-27-24-14-16-7-9-17(10-8-16)21(26)23-15-20(25-11-2-3-12-25)18-5-4-6-19(22)13-18/h4-10,13-14,20H,2-3,11-12,15H2,1H3,(H,23,26)/b24-14+. The molecule has 142 valence electrons. The Morgan fingerprint density at radius 3 is 2.67 bits per heavy atom. The van der Waals surface area contributed by atoms with Gasteiger partial charge in [-0.1, -0.05) is 41.0 Å². The van der Waals surface area contributed by atoms with Gasteiger partial charge >= 0.3 is 0 Å². The number of nitrogens with zero attached hydrogens (tertiary/aromatic N) is 2. The van der Waals surface area contributed by atoms with Gasteiger partial charge in [0.15, 0.2) is 0 Å². The summed E-state index contributed by atoms with van der Waals surface area (Å²) in [5, 5.41) is 7.51. The third-order valence-electron chi connectivity index (χ3n) is 4.75. The van der Waals surface area contributed by atoms with Crippen molar-refractivity contribution in [1.82, 2.24) is 10.2 Å². The van der Waals surface area contributed by atoms with E-state index in [4.69, 9.17) is 11.6 Å². The van der Waals surface area contributed by atoms with Crippen molar-refractivity contribution in [2.75, 3.05) is 26.7 Å². The Kier molecular flexibility index (Phi) is 6.85. The van der Waals surface area contributed by atoms with Gasteiger partial charge in [0.1, 0.15) is 7.11 Å². The molecule has 5 nitrogen and oxygen atoms in total. The minimum atomic E-state index is -0.0866. The number of benzene rings is 2. The first kappa shape index (κ1) is 19.4. The molecule has 1 saturated heterocycles. The molecule has 0 aliphatic carbocycles. The largest absolute Gasteiger partial charge is 0.399 e. The second kappa shape index (κ2) is 9.53. The van der Waals surface area contributed by atoms with Crippen LogP contribution in [-0.2, 0) is 4.84 Å². The van der Waals surface area contributed by atoms with Crippen molar-refractivity contribution in [3.05, 3.63) is 70.2 Å². The second-order valence-electron chi connectivity index (χ2n) is 6.56. The Bertz CT molecular complexity index is 786. The molecule has 2 aromatic rings. The van der Waals surface area contributed by atoms with Gasteiger partial charge in [0.25, 0.3) is 5.91 Å². The average molecular weight is 386 g/mol. The lowest BCUT2D eigenvalue weighted by molar-refractivity contribution is 0.0938. The summed E-state index contributed by atoms with van der Waals surface area (Å²) < 4.78 is 0. The summed E-state index contributed by atoms with van der Waals surface area (Å²) in [6.07, 6.45) is 3.98. The van der Waals surface area contributed by atoms with Crippen molar-refractivity contribution in [3.8, 4) is 0 Å². The first-order valence-corrected chi connectivity index (χ1v) is 9.49. The predicted molar refractivity (Wildman–Crippen MR) is 108 cm³/mol. The monoisotopic (exact) mass is 385 g/mol. The Labute approximate surface area is 165 Å². The minimum Gasteiger partial charge on any atom is -0.399 e. The van der Waals surface area contributed by atoms with E-state index in [0.717, 1.165) is 29.2 Å². The van der Waals surface area contributed by atoms with Crippen molar-refractivity contribution >= 4 is 23.7 Å². The molecule has 1 aliphatic rings. The third kappa shape index (κ3) is 5.31. The summed E-state index contributed by atoms with van der Waals surface area (Å²) in [6.45, 7) is 2.63. The van der Waals surface area contributed by atoms with Gasteiger partial charge in [-0.25, -0.2) is 0 Å². The van der Waals surface area contributed by atoms with Crippen molar-refractivity contribution < 1.29 is 9.63 Å². The van der Waals surface area contributed by atoms with Crippen LogP contribution in [0.5, 0.6) is 0 Å². The van der Waals surface area contributed by atoms with Crippen LogP contribution in [-0.4, -0.2) is 43.8 Å². The maximum atomic E-state index is 12.6. The molecule has 0 bridgehead atoms. The number of halogens is 1. The van der Waals surface area contributed by atoms with Crippen LogP contribution in [0.25, 0.3) is 0 Å². The Morgan fingerprint density at radius 1 is 1.26 bits per heavy atom. The zero-order valence-electron chi connectivity index (χ0n) is 15.4. The molecule has 27 heavy (non-hydrogen) atoms. The van der Waals surface area contributed by atoms with E-state index >= 15 is 0 Å². The summed E-state index contributed by atoms with van der Waals surface area (Å²) in [5.74, 6) is -0.0866. The summed E-state index contributed by atoms with van der Waals surface area (Å²) in [6, 6.07) is 15.3. The SMILES string of the molecule is CO/N=C/c1ccc(C(=O)NCC(c2cccc(Cl)c2)N2CCCC2)cc1. The number of rotatable bonds is 7. The third-order valence-corrected chi connectivity index (χ3v) is 4.99. The van der Waals surface area contributed by atoms with E-state index in [-0.39, 0.29) is 11.9 Å². The maximum absolute atomic E-state index is 12.6. The molecular formula is C21H24ClN3O2.